The van der Waals surface area contributed by atoms with Gasteiger partial charge in [0.1, 0.15) is 0 Å². The van der Waals surface area contributed by atoms with Crippen LogP contribution in [0.3, 0.4) is 0 Å². The predicted molar refractivity (Wildman–Crippen MR) is 97.4 cm³/mol. The van der Waals surface area contributed by atoms with Crippen LogP contribution < -0.4 is 10.1 Å². The van der Waals surface area contributed by atoms with Gasteiger partial charge in [0.05, 0.1) is 21.0 Å². The fraction of sp³-hybridized carbons (Fsp3) is 0.235. The molecule has 0 bridgehead atoms. The lowest BCUT2D eigenvalue weighted by Crippen LogP contribution is -2.35. The maximum Gasteiger partial charge on any atom is 0.419 e. The van der Waals surface area contributed by atoms with E-state index in [4.69, 9.17) is 4.42 Å². The summed E-state index contributed by atoms with van der Waals surface area (Å²) >= 11 is 0. The highest BCUT2D eigenvalue weighted by Gasteiger charge is 2.31. The van der Waals surface area contributed by atoms with Crippen LogP contribution in [0.4, 0.5) is 11.4 Å². The first kappa shape index (κ1) is 17.3. The summed E-state index contributed by atoms with van der Waals surface area (Å²) in [6.45, 7) is 0.216. The van der Waals surface area contributed by atoms with Crippen LogP contribution in [0.1, 0.15) is 12.0 Å². The van der Waals surface area contributed by atoms with Crippen LogP contribution in [0, 0.1) is 10.1 Å². The van der Waals surface area contributed by atoms with E-state index in [1.54, 1.807) is 6.07 Å². The largest absolute Gasteiger partial charge is 0.419 e. The second kappa shape index (κ2) is 5.95. The second-order valence-electron chi connectivity index (χ2n) is 6.31. The Morgan fingerprint density at radius 1 is 1.19 bits per heavy atom. The number of benzene rings is 2. The number of nitrogens with zero attached hydrogens (tertiary/aromatic N) is 3. The van der Waals surface area contributed by atoms with E-state index in [0.717, 1.165) is 5.56 Å². The molecule has 9 nitrogen and oxygen atoms in total. The third kappa shape index (κ3) is 2.69. The number of hydrogen-bond acceptors (Lipinski definition) is 6. The number of aromatic nitrogens is 1. The molecule has 0 atom stereocenters. The quantitative estimate of drug-likeness (QED) is 0.501. The van der Waals surface area contributed by atoms with Crippen molar-refractivity contribution >= 4 is 32.5 Å². The molecule has 1 aliphatic heterocycles. The van der Waals surface area contributed by atoms with Gasteiger partial charge in [0.15, 0.2) is 5.58 Å². The van der Waals surface area contributed by atoms with Gasteiger partial charge in [0.2, 0.25) is 0 Å². The summed E-state index contributed by atoms with van der Waals surface area (Å²) in [6.07, 6.45) is 1.25. The van der Waals surface area contributed by atoms with Crippen LogP contribution in [-0.2, 0) is 23.5 Å². The lowest BCUT2D eigenvalue weighted by Gasteiger charge is -2.30. The van der Waals surface area contributed by atoms with Gasteiger partial charge >= 0.3 is 5.76 Å². The smallest absolute Gasteiger partial charge is 0.408 e. The van der Waals surface area contributed by atoms with E-state index in [1.807, 2.05) is 0 Å². The molecule has 27 heavy (non-hydrogen) atoms. The minimum Gasteiger partial charge on any atom is -0.408 e. The monoisotopic (exact) mass is 389 g/mol. The zero-order valence-electron chi connectivity index (χ0n) is 14.3. The molecule has 0 fully saturated rings. The Bertz CT molecular complexity index is 1240. The molecule has 0 amide bonds. The number of non-ortho nitro benzene ring substituents is 1. The van der Waals surface area contributed by atoms with E-state index in [0.29, 0.717) is 24.0 Å². The molecule has 0 saturated heterocycles. The molecule has 140 valence electrons. The van der Waals surface area contributed by atoms with Crippen LogP contribution in [0.5, 0.6) is 0 Å². The maximum absolute atomic E-state index is 13.2. The molecule has 0 saturated carbocycles. The summed E-state index contributed by atoms with van der Waals surface area (Å²) < 4.78 is 33.9. The third-order valence-corrected chi connectivity index (χ3v) is 6.52. The molecule has 3 aromatic rings. The van der Waals surface area contributed by atoms with Crippen molar-refractivity contribution < 1.29 is 17.8 Å². The predicted octanol–water partition coefficient (Wildman–Crippen LogP) is 2.18. The molecule has 10 heteroatoms. The molecular weight excluding hydrogens is 374 g/mol. The zero-order chi connectivity index (χ0) is 19.3. The van der Waals surface area contributed by atoms with E-state index in [9.17, 15) is 23.3 Å². The number of sulfonamides is 1. The van der Waals surface area contributed by atoms with Crippen molar-refractivity contribution in [3.05, 3.63) is 62.6 Å². The number of nitro groups is 1. The highest BCUT2D eigenvalue weighted by molar-refractivity contribution is 7.92. The van der Waals surface area contributed by atoms with Crippen molar-refractivity contribution in [1.29, 1.82) is 0 Å². The number of nitro benzene ring substituents is 1. The number of anilines is 1. The van der Waals surface area contributed by atoms with Gasteiger partial charge in [0, 0.05) is 31.8 Å². The zero-order valence-corrected chi connectivity index (χ0v) is 15.1. The summed E-state index contributed by atoms with van der Waals surface area (Å²) in [6, 6.07) is 8.46. The van der Waals surface area contributed by atoms with Gasteiger partial charge in [-0.05, 0) is 30.5 Å². The lowest BCUT2D eigenvalue weighted by atomic mass is 10.0. The summed E-state index contributed by atoms with van der Waals surface area (Å²) in [5, 5.41) is 11.1. The Morgan fingerprint density at radius 3 is 2.70 bits per heavy atom. The SMILES string of the molecule is Cn1c(=O)oc2cc(S(=O)(=O)N3CCCc4ccc([N+](=O)[O-])cc43)ccc21. The first-order chi connectivity index (χ1) is 12.8. The van der Waals surface area contributed by atoms with E-state index in [2.05, 4.69) is 0 Å². The molecule has 0 N–H and O–H groups in total. The van der Waals surface area contributed by atoms with Crippen molar-refractivity contribution in [3.8, 4) is 0 Å². The Hall–Kier alpha value is -3.14. The Morgan fingerprint density at radius 2 is 1.96 bits per heavy atom. The van der Waals surface area contributed by atoms with E-state index < -0.39 is 20.7 Å². The van der Waals surface area contributed by atoms with E-state index >= 15 is 0 Å². The summed E-state index contributed by atoms with van der Waals surface area (Å²) in [4.78, 5) is 22.1. The molecule has 1 aliphatic rings. The highest BCUT2D eigenvalue weighted by Crippen LogP contribution is 2.35. The minimum absolute atomic E-state index is 0.0382. The second-order valence-corrected chi connectivity index (χ2v) is 8.17. The van der Waals surface area contributed by atoms with Crippen molar-refractivity contribution in [1.82, 2.24) is 4.57 Å². The molecule has 0 unspecified atom stereocenters. The van der Waals surface area contributed by atoms with Crippen LogP contribution >= 0.6 is 0 Å². The summed E-state index contributed by atoms with van der Waals surface area (Å²) in [5.41, 5.74) is 1.53. The summed E-state index contributed by atoms with van der Waals surface area (Å²) in [7, 11) is -2.44. The van der Waals surface area contributed by atoms with Crippen LogP contribution in [0.2, 0.25) is 0 Å². The van der Waals surface area contributed by atoms with Gasteiger partial charge in [-0.15, -0.1) is 0 Å². The molecule has 1 aromatic heterocycles. The number of oxazole rings is 1. The molecule has 0 aliphatic carbocycles. The van der Waals surface area contributed by atoms with E-state index in [1.165, 1.54) is 46.3 Å². The topological polar surface area (TPSA) is 116 Å². The standard InChI is InChI=1S/C17H15N3O6S/c1-18-14-7-6-13(10-16(14)26-17(18)21)27(24,25)19-8-2-3-11-4-5-12(20(22)23)9-15(11)19/h4-7,9-10H,2-3,8H2,1H3. The van der Waals surface area contributed by atoms with Crippen LogP contribution in [0.15, 0.2) is 50.5 Å². The first-order valence-electron chi connectivity index (χ1n) is 8.19. The maximum atomic E-state index is 13.2. The van der Waals surface area contributed by atoms with Gasteiger partial charge < -0.3 is 4.42 Å². The summed E-state index contributed by atoms with van der Waals surface area (Å²) in [5.74, 6) is -0.585. The molecule has 2 aromatic carbocycles. The van der Waals surface area contributed by atoms with Gasteiger partial charge in [0.25, 0.3) is 15.7 Å². The Balaban J connectivity index is 1.85. The Kier molecular flexibility index (Phi) is 3.81. The van der Waals surface area contributed by atoms with Crippen molar-refractivity contribution in [2.24, 2.45) is 7.05 Å². The van der Waals surface area contributed by atoms with Crippen molar-refractivity contribution in [2.45, 2.75) is 17.7 Å². The normalized spacial score (nSPS) is 14.3. The fourth-order valence-electron chi connectivity index (χ4n) is 3.29. The highest BCUT2D eigenvalue weighted by atomic mass is 32.2. The third-order valence-electron chi connectivity index (χ3n) is 4.71. The van der Waals surface area contributed by atoms with Gasteiger partial charge in [-0.3, -0.25) is 19.0 Å². The van der Waals surface area contributed by atoms with Crippen molar-refractivity contribution in [3.63, 3.8) is 0 Å². The number of hydrogen-bond donors (Lipinski definition) is 0. The molecular formula is C17H15N3O6S. The molecule has 0 radical (unpaired) electrons. The van der Waals surface area contributed by atoms with Gasteiger partial charge in [-0.1, -0.05) is 6.07 Å². The van der Waals surface area contributed by atoms with Crippen LogP contribution in [0.25, 0.3) is 11.1 Å². The number of fused-ring (bicyclic) bond motifs is 2. The van der Waals surface area contributed by atoms with Crippen LogP contribution in [-0.4, -0.2) is 24.5 Å². The first-order valence-corrected chi connectivity index (χ1v) is 9.63. The van der Waals surface area contributed by atoms with Gasteiger partial charge in [-0.2, -0.15) is 0 Å². The number of aryl methyl sites for hydroxylation is 2. The minimum atomic E-state index is -3.97. The molecule has 4 rings (SSSR count). The average Bonchev–Trinajstić information content (AvgIpc) is 2.94. The molecule has 0 spiro atoms. The Labute approximate surface area is 153 Å². The number of rotatable bonds is 3. The molecule has 2 heterocycles. The van der Waals surface area contributed by atoms with Crippen molar-refractivity contribution in [2.75, 3.05) is 10.8 Å². The fourth-order valence-corrected chi connectivity index (χ4v) is 4.84. The average molecular weight is 389 g/mol. The lowest BCUT2D eigenvalue weighted by molar-refractivity contribution is -0.384. The van der Waals surface area contributed by atoms with Gasteiger partial charge in [-0.25, -0.2) is 13.2 Å². The van der Waals surface area contributed by atoms with E-state index in [-0.39, 0.29) is 22.7 Å².